The minimum Gasteiger partial charge on any atom is -0.479 e. The van der Waals surface area contributed by atoms with Crippen molar-refractivity contribution >= 4 is 11.6 Å². The molecule has 3 heterocycles. The summed E-state index contributed by atoms with van der Waals surface area (Å²) in [4.78, 5) is 26.9. The van der Waals surface area contributed by atoms with Gasteiger partial charge in [-0.3, -0.25) is 9.78 Å². The van der Waals surface area contributed by atoms with E-state index in [1.165, 1.54) is 12.1 Å². The highest BCUT2D eigenvalue weighted by molar-refractivity contribution is 5.98. The number of aryl methyl sites for hydroxylation is 1. The molecule has 0 N–H and O–H groups in total. The van der Waals surface area contributed by atoms with Gasteiger partial charge in [0.15, 0.2) is 6.10 Å². The van der Waals surface area contributed by atoms with Gasteiger partial charge in [-0.05, 0) is 36.8 Å². The molecule has 6 nitrogen and oxygen atoms in total. The fourth-order valence-corrected chi connectivity index (χ4v) is 3.11. The molecule has 1 atom stereocenters. The molecule has 1 fully saturated rings. The average molecular weight is 378 g/mol. The van der Waals surface area contributed by atoms with Crippen LogP contribution in [0, 0.1) is 12.7 Å². The van der Waals surface area contributed by atoms with Crippen LogP contribution in [0.1, 0.15) is 23.5 Å². The number of carbonyl (C=O) groups excluding carboxylic acids is 1. The number of carbonyl (C=O) groups is 1. The molecule has 1 aromatic carbocycles. The zero-order valence-electron chi connectivity index (χ0n) is 15.4. The first-order chi connectivity index (χ1) is 13.6. The van der Waals surface area contributed by atoms with Crippen molar-refractivity contribution in [3.8, 4) is 5.75 Å². The van der Waals surface area contributed by atoms with Crippen molar-refractivity contribution in [2.24, 2.45) is 0 Å². The number of aromatic nitrogens is 3. The second-order valence-electron chi connectivity index (χ2n) is 6.66. The van der Waals surface area contributed by atoms with Crippen LogP contribution in [0.2, 0.25) is 0 Å². The van der Waals surface area contributed by atoms with Crippen LogP contribution in [0.25, 0.3) is 0 Å². The van der Waals surface area contributed by atoms with Gasteiger partial charge < -0.3 is 9.64 Å². The topological polar surface area (TPSA) is 68.2 Å². The number of nitrogens with zero attached hydrogens (tertiary/aromatic N) is 4. The molecule has 0 aliphatic carbocycles. The number of hydrogen-bond donors (Lipinski definition) is 0. The number of hydrogen-bond acceptors (Lipinski definition) is 5. The Labute approximate surface area is 162 Å². The second-order valence-corrected chi connectivity index (χ2v) is 6.66. The number of rotatable bonds is 5. The van der Waals surface area contributed by atoms with Gasteiger partial charge in [0.2, 0.25) is 0 Å². The fourth-order valence-electron chi connectivity index (χ4n) is 3.11. The molecule has 0 unspecified atom stereocenters. The lowest BCUT2D eigenvalue weighted by molar-refractivity contribution is -0.122. The third-order valence-corrected chi connectivity index (χ3v) is 4.61. The standard InChI is InChI=1S/C21H19FN4O2/c1-14-23-11-18(12-24-14)26-9-8-20(21(26)27)28-19-7-6-17(25-13-19)10-15-2-4-16(22)5-3-15/h2-7,11-13,20H,8-10H2,1H3/t20-/m1/s1. The lowest BCUT2D eigenvalue weighted by Crippen LogP contribution is -2.32. The molecule has 4 rings (SSSR count). The molecule has 2 aromatic heterocycles. The Morgan fingerprint density at radius 3 is 2.50 bits per heavy atom. The van der Waals surface area contributed by atoms with E-state index in [4.69, 9.17) is 4.74 Å². The maximum atomic E-state index is 13.0. The van der Waals surface area contributed by atoms with Gasteiger partial charge in [0, 0.05) is 25.1 Å². The molecule has 0 saturated carbocycles. The van der Waals surface area contributed by atoms with E-state index >= 15 is 0 Å². The van der Waals surface area contributed by atoms with Crippen molar-refractivity contribution in [1.82, 2.24) is 15.0 Å². The highest BCUT2D eigenvalue weighted by Crippen LogP contribution is 2.24. The van der Waals surface area contributed by atoms with Crippen molar-refractivity contribution in [3.05, 3.63) is 77.9 Å². The van der Waals surface area contributed by atoms with Gasteiger partial charge in [0.05, 0.1) is 24.3 Å². The number of ether oxygens (including phenoxy) is 1. The van der Waals surface area contributed by atoms with Gasteiger partial charge in [-0.15, -0.1) is 0 Å². The van der Waals surface area contributed by atoms with Crippen molar-refractivity contribution in [1.29, 1.82) is 0 Å². The number of amides is 1. The van der Waals surface area contributed by atoms with Gasteiger partial charge in [0.1, 0.15) is 17.4 Å². The van der Waals surface area contributed by atoms with E-state index in [9.17, 15) is 9.18 Å². The molecular weight excluding hydrogens is 359 g/mol. The minimum atomic E-state index is -0.550. The normalized spacial score (nSPS) is 16.4. The molecule has 0 bridgehead atoms. The lowest BCUT2D eigenvalue weighted by atomic mass is 10.1. The van der Waals surface area contributed by atoms with Crippen LogP contribution in [0.5, 0.6) is 5.75 Å². The fraction of sp³-hybridized carbons (Fsp3) is 0.238. The van der Waals surface area contributed by atoms with E-state index in [1.807, 2.05) is 6.07 Å². The van der Waals surface area contributed by atoms with E-state index in [-0.39, 0.29) is 11.7 Å². The Kier molecular flexibility index (Phi) is 4.97. The lowest BCUT2D eigenvalue weighted by Gasteiger charge is -2.16. The van der Waals surface area contributed by atoms with Crippen molar-refractivity contribution in [2.45, 2.75) is 25.9 Å². The summed E-state index contributed by atoms with van der Waals surface area (Å²) in [6.45, 7) is 2.36. The predicted octanol–water partition coefficient (Wildman–Crippen LogP) is 3.09. The highest BCUT2D eigenvalue weighted by Gasteiger charge is 2.34. The SMILES string of the molecule is Cc1ncc(N2CC[C@@H](Oc3ccc(Cc4ccc(F)cc4)nc3)C2=O)cn1. The summed E-state index contributed by atoms with van der Waals surface area (Å²) in [5.74, 6) is 0.842. The van der Waals surface area contributed by atoms with Crippen molar-refractivity contribution in [2.75, 3.05) is 11.4 Å². The molecule has 3 aromatic rings. The zero-order chi connectivity index (χ0) is 19.5. The Morgan fingerprint density at radius 2 is 1.82 bits per heavy atom. The molecular formula is C21H19FN4O2. The Bertz CT molecular complexity index is 959. The molecule has 7 heteroatoms. The van der Waals surface area contributed by atoms with Crippen LogP contribution < -0.4 is 9.64 Å². The van der Waals surface area contributed by atoms with E-state index < -0.39 is 6.10 Å². The van der Waals surface area contributed by atoms with Gasteiger partial charge in [-0.25, -0.2) is 14.4 Å². The molecule has 142 valence electrons. The van der Waals surface area contributed by atoms with Gasteiger partial charge in [0.25, 0.3) is 5.91 Å². The minimum absolute atomic E-state index is 0.108. The molecule has 1 aliphatic rings. The third-order valence-electron chi connectivity index (χ3n) is 4.61. The van der Waals surface area contributed by atoms with E-state index in [0.717, 1.165) is 11.3 Å². The first kappa shape index (κ1) is 18.0. The predicted molar refractivity (Wildman–Crippen MR) is 102 cm³/mol. The summed E-state index contributed by atoms with van der Waals surface area (Å²) in [5, 5.41) is 0. The number of anilines is 1. The van der Waals surface area contributed by atoms with E-state index in [1.54, 1.807) is 48.6 Å². The maximum Gasteiger partial charge on any atom is 0.268 e. The summed E-state index contributed by atoms with van der Waals surface area (Å²) >= 11 is 0. The summed E-state index contributed by atoms with van der Waals surface area (Å²) in [6.07, 6.45) is 5.55. The Hall–Kier alpha value is -3.35. The molecule has 0 spiro atoms. The smallest absolute Gasteiger partial charge is 0.268 e. The highest BCUT2D eigenvalue weighted by atomic mass is 19.1. The van der Waals surface area contributed by atoms with Gasteiger partial charge >= 0.3 is 0 Å². The molecule has 0 radical (unpaired) electrons. The molecule has 28 heavy (non-hydrogen) atoms. The van der Waals surface area contributed by atoms with Crippen LogP contribution in [0.15, 0.2) is 55.0 Å². The van der Waals surface area contributed by atoms with E-state index in [2.05, 4.69) is 15.0 Å². The number of pyridine rings is 1. The van der Waals surface area contributed by atoms with Crippen LogP contribution in [-0.2, 0) is 11.2 Å². The van der Waals surface area contributed by atoms with Crippen LogP contribution >= 0.6 is 0 Å². The van der Waals surface area contributed by atoms with Crippen LogP contribution in [0.4, 0.5) is 10.1 Å². The van der Waals surface area contributed by atoms with Crippen LogP contribution in [-0.4, -0.2) is 33.5 Å². The molecule has 1 amide bonds. The summed E-state index contributed by atoms with van der Waals surface area (Å²) in [6, 6.07) is 10.00. The maximum absolute atomic E-state index is 13.0. The second kappa shape index (κ2) is 7.72. The number of halogens is 1. The molecule has 1 aliphatic heterocycles. The monoisotopic (exact) mass is 378 g/mol. The van der Waals surface area contributed by atoms with Crippen molar-refractivity contribution in [3.63, 3.8) is 0 Å². The first-order valence-electron chi connectivity index (χ1n) is 9.04. The zero-order valence-corrected chi connectivity index (χ0v) is 15.4. The Balaban J connectivity index is 1.38. The van der Waals surface area contributed by atoms with Gasteiger partial charge in [-0.1, -0.05) is 12.1 Å². The number of benzene rings is 1. The molecule has 1 saturated heterocycles. The van der Waals surface area contributed by atoms with E-state index in [0.29, 0.717) is 36.6 Å². The first-order valence-corrected chi connectivity index (χ1v) is 9.04. The van der Waals surface area contributed by atoms with Crippen molar-refractivity contribution < 1.29 is 13.9 Å². The van der Waals surface area contributed by atoms with Crippen LogP contribution in [0.3, 0.4) is 0 Å². The summed E-state index contributed by atoms with van der Waals surface area (Å²) in [7, 11) is 0. The quantitative estimate of drug-likeness (QED) is 0.682. The summed E-state index contributed by atoms with van der Waals surface area (Å²) in [5.41, 5.74) is 2.49. The average Bonchev–Trinajstić information content (AvgIpc) is 3.06. The summed E-state index contributed by atoms with van der Waals surface area (Å²) < 4.78 is 18.8. The largest absolute Gasteiger partial charge is 0.479 e. The Morgan fingerprint density at radius 1 is 1.07 bits per heavy atom. The third kappa shape index (κ3) is 3.98. The van der Waals surface area contributed by atoms with Gasteiger partial charge in [-0.2, -0.15) is 0 Å².